The van der Waals surface area contributed by atoms with E-state index in [0.29, 0.717) is 31.2 Å². The lowest BCUT2D eigenvalue weighted by Crippen LogP contribution is -2.43. The number of aromatic nitrogens is 2. The first kappa shape index (κ1) is 24.0. The maximum absolute atomic E-state index is 14.6. The number of ether oxygens (including phenoxy) is 2. The van der Waals surface area contributed by atoms with E-state index in [1.165, 1.54) is 0 Å². The van der Waals surface area contributed by atoms with Gasteiger partial charge in [-0.15, -0.1) is 0 Å². The van der Waals surface area contributed by atoms with Gasteiger partial charge in [-0.05, 0) is 54.8 Å². The lowest BCUT2D eigenvalue weighted by molar-refractivity contribution is -0.117. The van der Waals surface area contributed by atoms with Gasteiger partial charge in [0.2, 0.25) is 11.9 Å². The van der Waals surface area contributed by atoms with Crippen LogP contribution in [0.4, 0.5) is 33.2 Å². The minimum Gasteiger partial charge on any atom is -0.491 e. The van der Waals surface area contributed by atoms with Crippen LogP contribution >= 0.6 is 0 Å². The predicted octanol–water partition coefficient (Wildman–Crippen LogP) is 3.86. The van der Waals surface area contributed by atoms with Crippen molar-refractivity contribution in [2.24, 2.45) is 5.73 Å². The molecule has 2 aromatic carbocycles. The smallest absolute Gasteiger partial charge is 0.240 e. The van der Waals surface area contributed by atoms with E-state index >= 15 is 0 Å². The number of fused-ring (bicyclic) bond motifs is 2. The Kier molecular flexibility index (Phi) is 6.71. The molecule has 1 aromatic heterocycles. The normalized spacial score (nSPS) is 15.4. The van der Waals surface area contributed by atoms with Crippen molar-refractivity contribution in [3.63, 3.8) is 0 Å². The number of nitrogens with one attached hydrogen (secondary N) is 2. The van der Waals surface area contributed by atoms with Gasteiger partial charge >= 0.3 is 0 Å². The summed E-state index contributed by atoms with van der Waals surface area (Å²) in [6.45, 7) is 1.56. The molecule has 4 N–H and O–H groups in total. The molecular formula is C26H29FN6O3. The number of nitrogens with two attached hydrogens (primary N) is 1. The van der Waals surface area contributed by atoms with Gasteiger partial charge in [-0.1, -0.05) is 12.5 Å². The number of carbonyl (C=O) groups excluding carboxylic acids is 1. The Morgan fingerprint density at radius 2 is 1.92 bits per heavy atom. The highest BCUT2D eigenvalue weighted by atomic mass is 19.1. The van der Waals surface area contributed by atoms with Crippen molar-refractivity contribution >= 4 is 34.7 Å². The van der Waals surface area contributed by atoms with Gasteiger partial charge in [0.1, 0.15) is 12.4 Å². The van der Waals surface area contributed by atoms with Crippen molar-refractivity contribution in [3.8, 4) is 5.75 Å². The largest absolute Gasteiger partial charge is 0.491 e. The predicted molar refractivity (Wildman–Crippen MR) is 136 cm³/mol. The highest BCUT2D eigenvalue weighted by molar-refractivity contribution is 5.98. The van der Waals surface area contributed by atoms with Crippen molar-refractivity contribution in [3.05, 3.63) is 60.0 Å². The number of halogens is 1. The summed E-state index contributed by atoms with van der Waals surface area (Å²) in [4.78, 5) is 22.6. The lowest BCUT2D eigenvalue weighted by atomic mass is 9.66. The molecule has 9 nitrogen and oxygen atoms in total. The molecule has 1 aliphatic heterocycles. The fourth-order valence-corrected chi connectivity index (χ4v) is 4.78. The van der Waals surface area contributed by atoms with Crippen molar-refractivity contribution in [1.82, 2.24) is 9.97 Å². The van der Waals surface area contributed by atoms with E-state index < -0.39 is 5.82 Å². The molecule has 0 bridgehead atoms. The van der Waals surface area contributed by atoms with Crippen LogP contribution in [0.5, 0.6) is 5.75 Å². The van der Waals surface area contributed by atoms with E-state index in [9.17, 15) is 9.18 Å². The molecule has 10 heteroatoms. The van der Waals surface area contributed by atoms with E-state index in [4.69, 9.17) is 15.2 Å². The molecule has 36 heavy (non-hydrogen) atoms. The van der Waals surface area contributed by atoms with Crippen LogP contribution in [0.1, 0.15) is 24.8 Å². The van der Waals surface area contributed by atoms with Crippen LogP contribution in [0.2, 0.25) is 0 Å². The second kappa shape index (κ2) is 10.1. The zero-order valence-electron chi connectivity index (χ0n) is 20.1. The Balaban J connectivity index is 1.32. The maximum atomic E-state index is 14.6. The van der Waals surface area contributed by atoms with Crippen LogP contribution in [0.15, 0.2) is 48.7 Å². The topological polar surface area (TPSA) is 115 Å². The third-order valence-corrected chi connectivity index (χ3v) is 6.78. The molecule has 0 radical (unpaired) electrons. The average molecular weight is 493 g/mol. The molecule has 1 fully saturated rings. The number of hydrogen-bond donors (Lipinski definition) is 3. The molecule has 1 aliphatic carbocycles. The van der Waals surface area contributed by atoms with E-state index in [1.807, 2.05) is 42.5 Å². The lowest BCUT2D eigenvalue weighted by Gasteiger charge is -2.39. The molecule has 1 amide bonds. The molecule has 1 spiro atoms. The highest BCUT2D eigenvalue weighted by Gasteiger charge is 2.48. The first-order valence-electron chi connectivity index (χ1n) is 11.9. The van der Waals surface area contributed by atoms with Crippen molar-refractivity contribution < 1.29 is 18.7 Å². The van der Waals surface area contributed by atoms with E-state index in [0.717, 1.165) is 42.4 Å². The van der Waals surface area contributed by atoms with Gasteiger partial charge in [0.25, 0.3) is 0 Å². The molecule has 2 aliphatic rings. The van der Waals surface area contributed by atoms with Crippen molar-refractivity contribution in [2.45, 2.75) is 24.7 Å². The van der Waals surface area contributed by atoms with Gasteiger partial charge in [-0.25, -0.2) is 9.37 Å². The van der Waals surface area contributed by atoms with Crippen molar-refractivity contribution in [2.75, 3.05) is 48.9 Å². The summed E-state index contributed by atoms with van der Waals surface area (Å²) in [6, 6.07) is 13.1. The Labute approximate surface area is 208 Å². The number of carbonyl (C=O) groups is 1. The van der Waals surface area contributed by atoms with Gasteiger partial charge in [0.15, 0.2) is 11.6 Å². The molecule has 0 saturated heterocycles. The zero-order valence-corrected chi connectivity index (χ0v) is 20.1. The van der Waals surface area contributed by atoms with Crippen molar-refractivity contribution in [1.29, 1.82) is 0 Å². The van der Waals surface area contributed by atoms with Gasteiger partial charge in [-0.2, -0.15) is 4.98 Å². The summed E-state index contributed by atoms with van der Waals surface area (Å²) in [6.07, 6.45) is 4.37. The Bertz CT molecular complexity index is 1250. The second-order valence-corrected chi connectivity index (χ2v) is 9.06. The summed E-state index contributed by atoms with van der Waals surface area (Å²) in [5.41, 5.74) is 9.01. The van der Waals surface area contributed by atoms with Gasteiger partial charge in [0, 0.05) is 36.1 Å². The molecule has 5 rings (SSSR count). The first-order chi connectivity index (χ1) is 17.5. The number of hydrogen-bond acceptors (Lipinski definition) is 8. The second-order valence-electron chi connectivity index (χ2n) is 9.06. The summed E-state index contributed by atoms with van der Waals surface area (Å²) in [7, 11) is 1.62. The average Bonchev–Trinajstić information content (AvgIpc) is 3.22. The number of benzene rings is 2. The Morgan fingerprint density at radius 3 is 2.61 bits per heavy atom. The van der Waals surface area contributed by atoms with Crippen LogP contribution < -0.4 is 26.0 Å². The first-order valence-corrected chi connectivity index (χ1v) is 11.9. The van der Waals surface area contributed by atoms with Gasteiger partial charge in [0.05, 0.1) is 19.3 Å². The minimum atomic E-state index is -0.590. The molecule has 0 atom stereocenters. The van der Waals surface area contributed by atoms with Crippen LogP contribution in [-0.4, -0.2) is 49.3 Å². The summed E-state index contributed by atoms with van der Waals surface area (Å²) < 4.78 is 25.1. The highest BCUT2D eigenvalue weighted by Crippen LogP contribution is 2.53. The maximum Gasteiger partial charge on any atom is 0.240 e. The number of anilines is 5. The fourth-order valence-electron chi connectivity index (χ4n) is 4.78. The molecule has 0 unspecified atom stereocenters. The molecule has 3 aromatic rings. The third-order valence-electron chi connectivity index (χ3n) is 6.78. The minimum absolute atomic E-state index is 0.0142. The fraction of sp³-hybridized carbons (Fsp3) is 0.346. The van der Waals surface area contributed by atoms with Crippen LogP contribution in [0.3, 0.4) is 0 Å². The van der Waals surface area contributed by atoms with Crippen LogP contribution in [-0.2, 0) is 14.9 Å². The Morgan fingerprint density at radius 1 is 1.14 bits per heavy atom. The standard InChI is InChI=1S/C26H29FN6O3/c1-35-11-12-36-19-6-3-17(4-7-19)31-25-29-15-21(27)24(32-25)30-18-5-8-20-22(13-18)33(23(34)14-28)16-26(20)9-2-10-26/h3-8,13,15H,2,9-12,14,16,28H2,1H3,(H2,29,30,31,32). The molecule has 188 valence electrons. The van der Waals surface area contributed by atoms with Crippen LogP contribution in [0.25, 0.3) is 0 Å². The summed E-state index contributed by atoms with van der Waals surface area (Å²) in [5, 5.41) is 6.11. The monoisotopic (exact) mass is 492 g/mol. The summed E-state index contributed by atoms with van der Waals surface area (Å²) >= 11 is 0. The van der Waals surface area contributed by atoms with E-state index in [-0.39, 0.29) is 29.6 Å². The molecule has 2 heterocycles. The van der Waals surface area contributed by atoms with Gasteiger partial charge in [-0.3, -0.25) is 4.79 Å². The zero-order chi connectivity index (χ0) is 25.1. The number of rotatable bonds is 9. The molecule has 1 saturated carbocycles. The molecular weight excluding hydrogens is 463 g/mol. The third kappa shape index (κ3) is 4.69. The quantitative estimate of drug-likeness (QED) is 0.386. The number of methoxy groups -OCH3 is 1. The summed E-state index contributed by atoms with van der Waals surface area (Å²) in [5.74, 6) is 0.268. The number of amides is 1. The van der Waals surface area contributed by atoms with Gasteiger partial charge < -0.3 is 30.7 Å². The SMILES string of the molecule is COCCOc1ccc(Nc2ncc(F)c(Nc3ccc4c(c3)N(C(=O)CN)CC43CCC3)n2)cc1. The Hall–Kier alpha value is -3.76. The van der Waals surface area contributed by atoms with Crippen LogP contribution in [0, 0.1) is 5.82 Å². The van der Waals surface area contributed by atoms with E-state index in [2.05, 4.69) is 20.6 Å². The number of nitrogens with zero attached hydrogens (tertiary/aromatic N) is 3. The van der Waals surface area contributed by atoms with E-state index in [1.54, 1.807) is 12.0 Å².